The lowest BCUT2D eigenvalue weighted by molar-refractivity contribution is 0.415. The quantitative estimate of drug-likeness (QED) is 0.691. The molecule has 0 radical (unpaired) electrons. The van der Waals surface area contributed by atoms with Crippen LogP contribution in [0.2, 0.25) is 0 Å². The number of ether oxygens (including phenoxy) is 1. The lowest BCUT2D eigenvalue weighted by Gasteiger charge is -2.00. The lowest BCUT2D eigenvalue weighted by Crippen LogP contribution is -1.81. The molecule has 4 heteroatoms. The number of hydrogen-bond donors (Lipinski definition) is 0. The van der Waals surface area contributed by atoms with E-state index < -0.39 is 0 Å². The molecule has 0 aliphatic rings. The van der Waals surface area contributed by atoms with Crippen LogP contribution in [0, 0.1) is 0 Å². The van der Waals surface area contributed by atoms with Crippen molar-refractivity contribution < 1.29 is 4.74 Å². The van der Waals surface area contributed by atoms with Crippen LogP contribution >= 0.6 is 11.3 Å². The molecule has 2 aromatic heterocycles. The highest BCUT2D eigenvalue weighted by Gasteiger charge is 2.05. The predicted molar refractivity (Wildman–Crippen MR) is 69.4 cm³/mol. The molecule has 17 heavy (non-hydrogen) atoms. The van der Waals surface area contributed by atoms with Crippen molar-refractivity contribution >= 4 is 21.6 Å². The van der Waals surface area contributed by atoms with Gasteiger partial charge in [-0.3, -0.25) is 0 Å². The van der Waals surface area contributed by atoms with Gasteiger partial charge < -0.3 is 4.74 Å². The van der Waals surface area contributed by atoms with Crippen molar-refractivity contribution in [2.45, 2.75) is 0 Å². The summed E-state index contributed by atoms with van der Waals surface area (Å²) in [6.07, 6.45) is 3.42. The summed E-state index contributed by atoms with van der Waals surface area (Å²) in [5, 5.41) is 0. The molecule has 0 N–H and O–H groups in total. The maximum Gasteiger partial charge on any atom is 0.118 e. The number of nitrogens with zero attached hydrogens (tertiary/aromatic N) is 2. The highest BCUT2D eigenvalue weighted by Crippen LogP contribution is 2.32. The van der Waals surface area contributed by atoms with E-state index in [4.69, 9.17) is 4.74 Å². The highest BCUT2D eigenvalue weighted by molar-refractivity contribution is 7.22. The summed E-state index contributed by atoms with van der Waals surface area (Å²) >= 11 is 1.70. The van der Waals surface area contributed by atoms with Crippen LogP contribution in [0.3, 0.4) is 0 Å². The Hall–Kier alpha value is -1.94. The van der Waals surface area contributed by atoms with Crippen LogP contribution in [-0.4, -0.2) is 17.1 Å². The molecule has 0 amide bonds. The second kappa shape index (κ2) is 4.14. The number of methoxy groups -OCH3 is 1. The van der Waals surface area contributed by atoms with Crippen molar-refractivity contribution in [2.24, 2.45) is 0 Å². The van der Waals surface area contributed by atoms with Gasteiger partial charge in [-0.1, -0.05) is 0 Å². The van der Waals surface area contributed by atoms with Crippen LogP contribution in [0.5, 0.6) is 5.75 Å². The molecule has 0 atom stereocenters. The number of rotatable bonds is 2. The molecule has 0 spiro atoms. The van der Waals surface area contributed by atoms with Gasteiger partial charge in [0, 0.05) is 11.1 Å². The van der Waals surface area contributed by atoms with E-state index >= 15 is 0 Å². The zero-order chi connectivity index (χ0) is 11.7. The summed E-state index contributed by atoms with van der Waals surface area (Å²) in [5.41, 5.74) is 2.17. The summed E-state index contributed by atoms with van der Waals surface area (Å²) < 4.78 is 6.25. The number of benzene rings is 1. The molecule has 0 aliphatic carbocycles. The summed E-state index contributed by atoms with van der Waals surface area (Å²) in [7, 11) is 1.67. The van der Waals surface area contributed by atoms with Gasteiger partial charge in [-0.05, 0) is 35.9 Å². The number of thiophene rings is 1. The molecule has 0 saturated heterocycles. The maximum atomic E-state index is 5.15. The first-order chi connectivity index (χ1) is 8.36. The van der Waals surface area contributed by atoms with Gasteiger partial charge in [0.05, 0.1) is 17.3 Å². The number of aromatic nitrogens is 2. The van der Waals surface area contributed by atoms with E-state index in [1.165, 1.54) is 10.4 Å². The van der Waals surface area contributed by atoms with E-state index in [1.54, 1.807) is 24.8 Å². The van der Waals surface area contributed by atoms with Gasteiger partial charge in [0.15, 0.2) is 0 Å². The predicted octanol–water partition coefficient (Wildman–Crippen LogP) is 3.37. The summed E-state index contributed by atoms with van der Waals surface area (Å²) in [5.74, 6) is 0.870. The monoisotopic (exact) mass is 242 g/mol. The summed E-state index contributed by atoms with van der Waals surface area (Å²) in [6, 6.07) is 10.1. The van der Waals surface area contributed by atoms with Gasteiger partial charge in [0.25, 0.3) is 0 Å². The molecule has 3 rings (SSSR count). The molecule has 84 valence electrons. The third kappa shape index (κ3) is 1.87. The average Bonchev–Trinajstić information content (AvgIpc) is 2.82. The Morgan fingerprint density at radius 1 is 1.18 bits per heavy atom. The second-order valence-electron chi connectivity index (χ2n) is 3.61. The Balaban J connectivity index is 2.07. The van der Waals surface area contributed by atoms with Gasteiger partial charge in [-0.2, -0.15) is 0 Å². The standard InChI is InChI=1S/C13H10N2OS/c1-16-10-4-2-9(3-5-10)12-6-11-13(17-12)7-14-8-15-11/h2-8H,1H3. The molecule has 0 fully saturated rings. The molecule has 0 unspecified atom stereocenters. The van der Waals surface area contributed by atoms with E-state index in [2.05, 4.69) is 28.2 Å². The van der Waals surface area contributed by atoms with E-state index in [-0.39, 0.29) is 0 Å². The normalized spacial score (nSPS) is 10.6. The smallest absolute Gasteiger partial charge is 0.118 e. The van der Waals surface area contributed by atoms with Crippen LogP contribution in [0.1, 0.15) is 0 Å². The topological polar surface area (TPSA) is 35.0 Å². The SMILES string of the molecule is COc1ccc(-c2cc3ncncc3s2)cc1. The molecule has 0 aliphatic heterocycles. The van der Waals surface area contributed by atoms with Crippen LogP contribution in [0.15, 0.2) is 42.9 Å². The Morgan fingerprint density at radius 2 is 2.00 bits per heavy atom. The minimum Gasteiger partial charge on any atom is -0.497 e. The fraction of sp³-hybridized carbons (Fsp3) is 0.0769. The second-order valence-corrected chi connectivity index (χ2v) is 4.70. The first kappa shape index (κ1) is 10.2. The molecule has 0 saturated carbocycles. The Labute approximate surface area is 103 Å². The fourth-order valence-corrected chi connectivity index (χ4v) is 2.67. The third-order valence-corrected chi connectivity index (χ3v) is 3.68. The van der Waals surface area contributed by atoms with Crippen molar-refractivity contribution in [3.63, 3.8) is 0 Å². The van der Waals surface area contributed by atoms with E-state index in [0.29, 0.717) is 0 Å². The van der Waals surface area contributed by atoms with Gasteiger partial charge >= 0.3 is 0 Å². The summed E-state index contributed by atoms with van der Waals surface area (Å²) in [4.78, 5) is 9.46. The van der Waals surface area contributed by atoms with E-state index in [0.717, 1.165) is 16.0 Å². The zero-order valence-corrected chi connectivity index (χ0v) is 10.1. The fourth-order valence-electron chi connectivity index (χ4n) is 1.68. The Kier molecular flexibility index (Phi) is 2.49. The Bertz CT molecular complexity index is 613. The molecule has 0 bridgehead atoms. The Morgan fingerprint density at radius 3 is 2.71 bits per heavy atom. The number of hydrogen-bond acceptors (Lipinski definition) is 4. The van der Waals surface area contributed by atoms with Gasteiger partial charge in [-0.15, -0.1) is 11.3 Å². The van der Waals surface area contributed by atoms with Gasteiger partial charge in [-0.25, -0.2) is 9.97 Å². The largest absolute Gasteiger partial charge is 0.497 e. The number of fused-ring (bicyclic) bond motifs is 1. The maximum absolute atomic E-state index is 5.15. The zero-order valence-electron chi connectivity index (χ0n) is 9.25. The first-order valence-corrected chi connectivity index (χ1v) is 6.02. The van der Waals surface area contributed by atoms with Gasteiger partial charge in [0.1, 0.15) is 12.1 Å². The van der Waals surface area contributed by atoms with E-state index in [9.17, 15) is 0 Å². The highest BCUT2D eigenvalue weighted by atomic mass is 32.1. The molecular weight excluding hydrogens is 232 g/mol. The molecular formula is C13H10N2OS. The molecule has 3 aromatic rings. The first-order valence-electron chi connectivity index (χ1n) is 5.21. The van der Waals surface area contributed by atoms with Crippen LogP contribution < -0.4 is 4.74 Å². The molecule has 2 heterocycles. The van der Waals surface area contributed by atoms with E-state index in [1.807, 2.05) is 18.3 Å². The van der Waals surface area contributed by atoms with Crippen molar-refractivity contribution in [2.75, 3.05) is 7.11 Å². The van der Waals surface area contributed by atoms with Crippen LogP contribution in [-0.2, 0) is 0 Å². The summed E-state index contributed by atoms with van der Waals surface area (Å²) in [6.45, 7) is 0. The van der Waals surface area contributed by atoms with Crippen molar-refractivity contribution in [3.05, 3.63) is 42.9 Å². The lowest BCUT2D eigenvalue weighted by atomic mass is 10.2. The molecule has 1 aromatic carbocycles. The van der Waals surface area contributed by atoms with Crippen LogP contribution in [0.4, 0.5) is 0 Å². The minimum atomic E-state index is 0.870. The van der Waals surface area contributed by atoms with Crippen molar-refractivity contribution in [1.29, 1.82) is 0 Å². The average molecular weight is 242 g/mol. The minimum absolute atomic E-state index is 0.870. The molecule has 3 nitrogen and oxygen atoms in total. The third-order valence-electron chi connectivity index (χ3n) is 2.57. The van der Waals surface area contributed by atoms with Crippen molar-refractivity contribution in [3.8, 4) is 16.2 Å². The van der Waals surface area contributed by atoms with Crippen molar-refractivity contribution in [1.82, 2.24) is 9.97 Å². The van der Waals surface area contributed by atoms with Crippen LogP contribution in [0.25, 0.3) is 20.7 Å². The van der Waals surface area contributed by atoms with Gasteiger partial charge in [0.2, 0.25) is 0 Å².